The third-order valence-corrected chi connectivity index (χ3v) is 6.84. The predicted octanol–water partition coefficient (Wildman–Crippen LogP) is 2.79. The number of fused-ring (bicyclic) bond motifs is 1. The van der Waals surface area contributed by atoms with Gasteiger partial charge < -0.3 is 19.9 Å². The number of nitrogens with zero attached hydrogens (tertiary/aromatic N) is 4. The lowest BCUT2D eigenvalue weighted by Gasteiger charge is -2.33. The molecule has 8 nitrogen and oxygen atoms in total. The summed E-state index contributed by atoms with van der Waals surface area (Å²) in [4.78, 5) is 19.1. The number of H-pyrrole nitrogens is 1. The van der Waals surface area contributed by atoms with Crippen LogP contribution in [0.2, 0.25) is 0 Å². The highest BCUT2D eigenvalue weighted by atomic mass is 16.5. The maximum absolute atomic E-state index is 12.5. The normalized spacial score (nSPS) is 19.9. The number of rotatable bonds is 7. The number of hydrogen-bond donors (Lipinski definition) is 2. The zero-order valence-electron chi connectivity index (χ0n) is 19.9. The van der Waals surface area contributed by atoms with Gasteiger partial charge in [-0.05, 0) is 62.3 Å². The number of carbonyl (C=O) groups excluding carboxylic acids is 1. The molecule has 0 unspecified atom stereocenters. The van der Waals surface area contributed by atoms with Crippen LogP contribution in [-0.4, -0.2) is 89.8 Å². The number of aromatic amines is 1. The van der Waals surface area contributed by atoms with E-state index in [1.54, 1.807) is 0 Å². The minimum Gasteiger partial charge on any atom is -0.484 e. The average Bonchev–Trinajstić information content (AvgIpc) is 3.31. The van der Waals surface area contributed by atoms with Gasteiger partial charge in [-0.2, -0.15) is 5.10 Å². The van der Waals surface area contributed by atoms with Crippen molar-refractivity contribution in [3.63, 3.8) is 0 Å². The zero-order chi connectivity index (χ0) is 23.3. The van der Waals surface area contributed by atoms with Crippen LogP contribution in [0.15, 0.2) is 48.7 Å². The Hall–Kier alpha value is -3.10. The number of carbonyl (C=O) groups is 1. The SMILES string of the molecule is CN1CCN(C(=O)COc2cccc(CN3CCC[C@@H](Nc4ccc5[nH]ncc5c4)C3)c2)CC1. The number of likely N-dealkylation sites (tertiary alicyclic amines) is 1. The first-order valence-electron chi connectivity index (χ1n) is 12.2. The minimum absolute atomic E-state index is 0.0667. The van der Waals surface area contributed by atoms with Crippen LogP contribution in [0.5, 0.6) is 5.75 Å². The molecule has 0 radical (unpaired) electrons. The Morgan fingerprint density at radius 1 is 1.15 bits per heavy atom. The number of hydrogen-bond acceptors (Lipinski definition) is 6. The first-order valence-corrected chi connectivity index (χ1v) is 12.2. The topological polar surface area (TPSA) is 76.7 Å². The largest absolute Gasteiger partial charge is 0.484 e. The van der Waals surface area contributed by atoms with E-state index in [1.807, 2.05) is 23.2 Å². The molecule has 2 fully saturated rings. The number of benzene rings is 2. The summed E-state index contributed by atoms with van der Waals surface area (Å²) in [5, 5.41) is 11.9. The monoisotopic (exact) mass is 462 g/mol. The van der Waals surface area contributed by atoms with E-state index in [4.69, 9.17) is 4.74 Å². The summed E-state index contributed by atoms with van der Waals surface area (Å²) in [6.07, 6.45) is 4.19. The first-order chi connectivity index (χ1) is 16.6. The van der Waals surface area contributed by atoms with Crippen LogP contribution in [0, 0.1) is 0 Å². The summed E-state index contributed by atoms with van der Waals surface area (Å²) < 4.78 is 5.86. The van der Waals surface area contributed by atoms with Crippen LogP contribution in [0.3, 0.4) is 0 Å². The van der Waals surface area contributed by atoms with Crippen LogP contribution in [-0.2, 0) is 11.3 Å². The van der Waals surface area contributed by atoms with Crippen LogP contribution in [0.4, 0.5) is 5.69 Å². The van der Waals surface area contributed by atoms with Crippen molar-refractivity contribution in [1.29, 1.82) is 0 Å². The van der Waals surface area contributed by atoms with Crippen molar-refractivity contribution < 1.29 is 9.53 Å². The molecule has 0 aliphatic carbocycles. The number of amides is 1. The van der Waals surface area contributed by atoms with Gasteiger partial charge >= 0.3 is 0 Å². The molecular weight excluding hydrogens is 428 g/mol. The molecule has 0 bridgehead atoms. The quantitative estimate of drug-likeness (QED) is 0.562. The van der Waals surface area contributed by atoms with Gasteiger partial charge in [-0.1, -0.05) is 12.1 Å². The molecule has 1 aromatic heterocycles. The summed E-state index contributed by atoms with van der Waals surface area (Å²) in [5.74, 6) is 0.831. The van der Waals surface area contributed by atoms with Crippen molar-refractivity contribution in [2.45, 2.75) is 25.4 Å². The van der Waals surface area contributed by atoms with Gasteiger partial charge in [-0.15, -0.1) is 0 Å². The second kappa shape index (κ2) is 10.4. The molecule has 180 valence electrons. The summed E-state index contributed by atoms with van der Waals surface area (Å²) in [5.41, 5.74) is 3.41. The van der Waals surface area contributed by atoms with E-state index >= 15 is 0 Å². The Morgan fingerprint density at radius 2 is 2.03 bits per heavy atom. The second-order valence-electron chi connectivity index (χ2n) is 9.51. The van der Waals surface area contributed by atoms with E-state index in [0.717, 1.165) is 74.6 Å². The molecule has 1 atom stereocenters. The van der Waals surface area contributed by atoms with Crippen LogP contribution < -0.4 is 10.1 Å². The van der Waals surface area contributed by atoms with E-state index in [0.29, 0.717) is 6.04 Å². The van der Waals surface area contributed by atoms with Gasteiger partial charge in [0.25, 0.3) is 5.91 Å². The highest BCUT2D eigenvalue weighted by molar-refractivity contribution is 5.81. The zero-order valence-corrected chi connectivity index (χ0v) is 19.9. The fourth-order valence-electron chi connectivity index (χ4n) is 4.87. The molecule has 2 N–H and O–H groups in total. The van der Waals surface area contributed by atoms with E-state index in [-0.39, 0.29) is 12.5 Å². The lowest BCUT2D eigenvalue weighted by atomic mass is 10.0. The molecule has 2 aliphatic rings. The van der Waals surface area contributed by atoms with Crippen molar-refractivity contribution in [3.8, 4) is 5.75 Å². The maximum atomic E-state index is 12.5. The number of piperidine rings is 1. The van der Waals surface area contributed by atoms with E-state index in [9.17, 15) is 4.79 Å². The molecule has 2 saturated heterocycles. The number of piperazine rings is 1. The molecule has 34 heavy (non-hydrogen) atoms. The molecule has 0 saturated carbocycles. The first kappa shape index (κ1) is 22.7. The lowest BCUT2D eigenvalue weighted by Crippen LogP contribution is -2.48. The maximum Gasteiger partial charge on any atom is 0.260 e. The third kappa shape index (κ3) is 5.69. The minimum atomic E-state index is 0.0667. The Bertz CT molecular complexity index is 1110. The molecule has 0 spiro atoms. The number of ether oxygens (including phenoxy) is 1. The highest BCUT2D eigenvalue weighted by Gasteiger charge is 2.21. The van der Waals surface area contributed by atoms with Gasteiger partial charge in [0, 0.05) is 56.4 Å². The van der Waals surface area contributed by atoms with Gasteiger partial charge in [0.1, 0.15) is 5.75 Å². The molecule has 8 heteroatoms. The van der Waals surface area contributed by atoms with Crippen LogP contribution in [0.25, 0.3) is 10.9 Å². The standard InChI is InChI=1S/C26H34N6O2/c1-30-10-12-32(13-11-30)26(33)19-34-24-6-2-4-20(14-24)17-31-9-3-5-23(18-31)28-22-7-8-25-21(15-22)16-27-29-25/h2,4,6-8,14-16,23,28H,3,5,9-13,17-19H2,1H3,(H,27,29)/t23-/m1/s1. The van der Waals surface area contributed by atoms with Gasteiger partial charge in [0.05, 0.1) is 11.7 Å². The van der Waals surface area contributed by atoms with Crippen molar-refractivity contribution >= 4 is 22.5 Å². The Morgan fingerprint density at radius 3 is 2.91 bits per heavy atom. The Kier molecular flexibility index (Phi) is 6.97. The molecule has 3 aromatic rings. The van der Waals surface area contributed by atoms with Crippen LogP contribution in [0.1, 0.15) is 18.4 Å². The Balaban J connectivity index is 1.12. The van der Waals surface area contributed by atoms with Crippen LogP contribution >= 0.6 is 0 Å². The van der Waals surface area contributed by atoms with Crippen molar-refractivity contribution in [2.24, 2.45) is 0 Å². The molecule has 2 aliphatic heterocycles. The molecule has 1 amide bonds. The predicted molar refractivity (Wildman–Crippen MR) is 134 cm³/mol. The summed E-state index contributed by atoms with van der Waals surface area (Å²) >= 11 is 0. The average molecular weight is 463 g/mol. The number of aromatic nitrogens is 2. The summed E-state index contributed by atoms with van der Waals surface area (Å²) in [6.45, 7) is 6.46. The molecule has 3 heterocycles. The van der Waals surface area contributed by atoms with E-state index in [2.05, 4.69) is 62.7 Å². The van der Waals surface area contributed by atoms with Crippen molar-refractivity contribution in [1.82, 2.24) is 24.9 Å². The second-order valence-corrected chi connectivity index (χ2v) is 9.51. The smallest absolute Gasteiger partial charge is 0.260 e. The summed E-state index contributed by atoms with van der Waals surface area (Å²) in [6, 6.07) is 14.9. The molecule has 5 rings (SSSR count). The Labute approximate surface area is 200 Å². The van der Waals surface area contributed by atoms with E-state index in [1.165, 1.54) is 12.0 Å². The van der Waals surface area contributed by atoms with Gasteiger partial charge in [-0.25, -0.2) is 0 Å². The van der Waals surface area contributed by atoms with Gasteiger partial charge in [0.2, 0.25) is 0 Å². The number of anilines is 1. The lowest BCUT2D eigenvalue weighted by molar-refractivity contribution is -0.134. The number of likely N-dealkylation sites (N-methyl/N-ethyl adjacent to an activating group) is 1. The van der Waals surface area contributed by atoms with Gasteiger partial charge in [0.15, 0.2) is 6.61 Å². The van der Waals surface area contributed by atoms with Gasteiger partial charge in [-0.3, -0.25) is 14.8 Å². The summed E-state index contributed by atoms with van der Waals surface area (Å²) in [7, 11) is 2.09. The number of nitrogens with one attached hydrogen (secondary N) is 2. The fraction of sp³-hybridized carbons (Fsp3) is 0.462. The van der Waals surface area contributed by atoms with Crippen molar-refractivity contribution in [3.05, 3.63) is 54.2 Å². The molecule has 2 aromatic carbocycles. The van der Waals surface area contributed by atoms with Crippen molar-refractivity contribution in [2.75, 3.05) is 58.2 Å². The third-order valence-electron chi connectivity index (χ3n) is 6.84. The highest BCUT2D eigenvalue weighted by Crippen LogP contribution is 2.22. The molecular formula is C26H34N6O2. The van der Waals surface area contributed by atoms with E-state index < -0.39 is 0 Å². The fourth-order valence-corrected chi connectivity index (χ4v) is 4.87.